The van der Waals surface area contributed by atoms with Crippen LogP contribution in [0, 0.1) is 6.92 Å². The van der Waals surface area contributed by atoms with Crippen molar-refractivity contribution in [3.05, 3.63) is 65.4 Å². The Morgan fingerprint density at radius 3 is 2.26 bits per heavy atom. The van der Waals surface area contributed by atoms with Crippen molar-refractivity contribution < 1.29 is 14.3 Å². The van der Waals surface area contributed by atoms with Crippen LogP contribution in [0.25, 0.3) is 11.3 Å². The van der Waals surface area contributed by atoms with Crippen LogP contribution in [0.2, 0.25) is 0 Å². The van der Waals surface area contributed by atoms with Crippen LogP contribution in [0.3, 0.4) is 0 Å². The minimum absolute atomic E-state index is 0.435. The van der Waals surface area contributed by atoms with Gasteiger partial charge in [0.25, 0.3) is 5.91 Å². The Kier molecular flexibility index (Phi) is 6.90. The fourth-order valence-electron chi connectivity index (χ4n) is 4.02. The Hall–Kier alpha value is -3.41. The third kappa shape index (κ3) is 4.38. The molecule has 2 aromatic carbocycles. The lowest BCUT2D eigenvalue weighted by molar-refractivity contribution is 0.0999. The highest BCUT2D eigenvalue weighted by atomic mass is 16.5. The molecule has 0 bridgehead atoms. The molecular weight excluding hydrogens is 390 g/mol. The molecule has 6 heteroatoms. The predicted octanol–water partition coefficient (Wildman–Crippen LogP) is 4.47. The summed E-state index contributed by atoms with van der Waals surface area (Å²) >= 11 is 0. The fraction of sp³-hybridized carbons (Fsp3) is 0.320. The van der Waals surface area contributed by atoms with Crippen molar-refractivity contribution in [1.29, 1.82) is 0 Å². The van der Waals surface area contributed by atoms with Crippen molar-refractivity contribution in [2.45, 2.75) is 27.3 Å². The Bertz CT molecular complexity index is 1050. The van der Waals surface area contributed by atoms with E-state index in [1.807, 2.05) is 31.2 Å². The van der Waals surface area contributed by atoms with E-state index in [0.717, 1.165) is 35.6 Å². The zero-order chi connectivity index (χ0) is 22.5. The predicted molar refractivity (Wildman–Crippen MR) is 125 cm³/mol. The van der Waals surface area contributed by atoms with Crippen LogP contribution < -0.4 is 20.1 Å². The van der Waals surface area contributed by atoms with Gasteiger partial charge in [0.15, 0.2) is 11.5 Å². The molecule has 3 rings (SSSR count). The van der Waals surface area contributed by atoms with E-state index in [1.165, 1.54) is 5.69 Å². The second kappa shape index (κ2) is 9.60. The molecular formula is C25H31N3O3. The largest absolute Gasteiger partial charge is 0.493 e. The van der Waals surface area contributed by atoms with Crippen LogP contribution in [0.15, 0.2) is 48.5 Å². The minimum Gasteiger partial charge on any atom is -0.493 e. The van der Waals surface area contributed by atoms with Gasteiger partial charge in [0.1, 0.15) is 0 Å². The van der Waals surface area contributed by atoms with Gasteiger partial charge in [-0.3, -0.25) is 4.79 Å². The van der Waals surface area contributed by atoms with Crippen LogP contribution in [-0.2, 0) is 6.54 Å². The maximum atomic E-state index is 12.1. The lowest BCUT2D eigenvalue weighted by atomic mass is 10.1. The van der Waals surface area contributed by atoms with E-state index in [2.05, 4.69) is 47.6 Å². The minimum atomic E-state index is -0.435. The molecule has 31 heavy (non-hydrogen) atoms. The van der Waals surface area contributed by atoms with Gasteiger partial charge in [-0.1, -0.05) is 24.3 Å². The Morgan fingerprint density at radius 1 is 1.03 bits per heavy atom. The monoisotopic (exact) mass is 421 g/mol. The molecule has 0 saturated heterocycles. The first-order chi connectivity index (χ1) is 14.9. The number of nitrogens with two attached hydrogens (primary N) is 1. The number of ether oxygens (including phenoxy) is 2. The van der Waals surface area contributed by atoms with E-state index in [9.17, 15) is 4.79 Å². The van der Waals surface area contributed by atoms with Gasteiger partial charge in [0.05, 0.1) is 26.3 Å². The second-order valence-electron chi connectivity index (χ2n) is 7.35. The summed E-state index contributed by atoms with van der Waals surface area (Å²) in [5, 5.41) is 0. The molecule has 164 valence electrons. The topological polar surface area (TPSA) is 69.7 Å². The van der Waals surface area contributed by atoms with Crippen LogP contribution in [0.1, 0.15) is 35.5 Å². The highest BCUT2D eigenvalue weighted by Gasteiger charge is 2.19. The molecule has 0 spiro atoms. The average molecular weight is 422 g/mol. The molecule has 0 aliphatic carbocycles. The molecule has 0 fully saturated rings. The number of hydrogen-bond acceptors (Lipinski definition) is 4. The number of amides is 1. The number of rotatable bonds is 9. The zero-order valence-electron chi connectivity index (χ0n) is 18.9. The Balaban J connectivity index is 2.09. The summed E-state index contributed by atoms with van der Waals surface area (Å²) < 4.78 is 13.2. The molecule has 1 aromatic heterocycles. The van der Waals surface area contributed by atoms with Crippen LogP contribution in [0.4, 0.5) is 5.69 Å². The van der Waals surface area contributed by atoms with Gasteiger partial charge in [0.2, 0.25) is 0 Å². The first-order valence-corrected chi connectivity index (χ1v) is 10.5. The molecule has 0 radical (unpaired) electrons. The zero-order valence-corrected chi connectivity index (χ0v) is 18.9. The van der Waals surface area contributed by atoms with E-state index in [1.54, 1.807) is 14.2 Å². The maximum Gasteiger partial charge on any atom is 0.250 e. The number of primary amides is 1. The number of carbonyl (C=O) groups excluding carboxylic acids is 1. The highest BCUT2D eigenvalue weighted by molar-refractivity contribution is 5.95. The SMILES string of the molecule is CCN(CC)c1ccc(-c2cc(C(N)=O)c(C)n2Cc2cccc(OC)c2OC)cc1. The van der Waals surface area contributed by atoms with Crippen molar-refractivity contribution in [2.24, 2.45) is 5.73 Å². The Morgan fingerprint density at radius 2 is 1.71 bits per heavy atom. The molecule has 0 aliphatic rings. The first-order valence-electron chi connectivity index (χ1n) is 10.5. The number of nitrogens with zero attached hydrogens (tertiary/aromatic N) is 2. The molecule has 0 saturated carbocycles. The molecule has 0 atom stereocenters. The van der Waals surface area contributed by atoms with Gasteiger partial charge in [-0.25, -0.2) is 0 Å². The van der Waals surface area contributed by atoms with Crippen molar-refractivity contribution in [3.8, 4) is 22.8 Å². The summed E-state index contributed by atoms with van der Waals surface area (Å²) in [5.74, 6) is 0.918. The third-order valence-electron chi connectivity index (χ3n) is 5.74. The number of benzene rings is 2. The molecule has 1 amide bonds. The lowest BCUT2D eigenvalue weighted by Crippen LogP contribution is -2.21. The fourth-order valence-corrected chi connectivity index (χ4v) is 4.02. The summed E-state index contributed by atoms with van der Waals surface area (Å²) in [6, 6.07) is 16.1. The van der Waals surface area contributed by atoms with Gasteiger partial charge in [0, 0.05) is 35.7 Å². The van der Waals surface area contributed by atoms with Crippen molar-refractivity contribution in [3.63, 3.8) is 0 Å². The molecule has 1 heterocycles. The first kappa shape index (κ1) is 22.3. The standard InChI is InChI=1S/C25H31N3O3/c1-6-27(7-2)20-13-11-18(12-14-20)22-15-21(25(26)29)17(3)28(22)16-19-9-8-10-23(30-4)24(19)31-5/h8-15H,6-7,16H2,1-5H3,(H2,26,29). The van der Waals surface area contributed by atoms with Crippen molar-refractivity contribution >= 4 is 11.6 Å². The van der Waals surface area contributed by atoms with Crippen LogP contribution in [-0.4, -0.2) is 37.8 Å². The number of aromatic nitrogens is 1. The number of methoxy groups -OCH3 is 2. The van der Waals surface area contributed by atoms with Gasteiger partial charge in [-0.2, -0.15) is 0 Å². The molecule has 0 unspecified atom stereocenters. The third-order valence-corrected chi connectivity index (χ3v) is 5.74. The smallest absolute Gasteiger partial charge is 0.250 e. The number of para-hydroxylation sites is 1. The summed E-state index contributed by atoms with van der Waals surface area (Å²) in [7, 11) is 3.25. The quantitative estimate of drug-likeness (QED) is 0.553. The van der Waals surface area contributed by atoms with E-state index in [4.69, 9.17) is 15.2 Å². The molecule has 3 aromatic rings. The average Bonchev–Trinajstić information content (AvgIpc) is 3.11. The summed E-state index contributed by atoms with van der Waals surface area (Å²) in [5.41, 5.74) is 11.1. The van der Waals surface area contributed by atoms with E-state index in [0.29, 0.717) is 23.6 Å². The lowest BCUT2D eigenvalue weighted by Gasteiger charge is -2.21. The number of hydrogen-bond donors (Lipinski definition) is 1. The molecule has 6 nitrogen and oxygen atoms in total. The van der Waals surface area contributed by atoms with Gasteiger partial charge in [-0.05, 0) is 50.6 Å². The second-order valence-corrected chi connectivity index (χ2v) is 7.35. The van der Waals surface area contributed by atoms with Gasteiger partial charge in [-0.15, -0.1) is 0 Å². The number of carbonyl (C=O) groups is 1. The summed E-state index contributed by atoms with van der Waals surface area (Å²) in [6.07, 6.45) is 0. The molecule has 2 N–H and O–H groups in total. The number of anilines is 1. The normalized spacial score (nSPS) is 10.7. The van der Waals surface area contributed by atoms with E-state index in [-0.39, 0.29) is 0 Å². The Labute approximate surface area is 184 Å². The van der Waals surface area contributed by atoms with Crippen molar-refractivity contribution in [1.82, 2.24) is 4.57 Å². The van der Waals surface area contributed by atoms with E-state index < -0.39 is 5.91 Å². The van der Waals surface area contributed by atoms with Crippen molar-refractivity contribution in [2.75, 3.05) is 32.2 Å². The van der Waals surface area contributed by atoms with Gasteiger partial charge < -0.3 is 24.7 Å². The maximum absolute atomic E-state index is 12.1. The summed E-state index contributed by atoms with van der Waals surface area (Å²) in [6.45, 7) is 8.63. The summed E-state index contributed by atoms with van der Waals surface area (Å²) in [4.78, 5) is 14.4. The van der Waals surface area contributed by atoms with Crippen LogP contribution in [0.5, 0.6) is 11.5 Å². The highest BCUT2D eigenvalue weighted by Crippen LogP contribution is 2.34. The molecule has 0 aliphatic heterocycles. The van der Waals surface area contributed by atoms with Crippen LogP contribution >= 0.6 is 0 Å². The van der Waals surface area contributed by atoms with E-state index >= 15 is 0 Å². The van der Waals surface area contributed by atoms with Gasteiger partial charge >= 0.3 is 0 Å².